The highest BCUT2D eigenvalue weighted by molar-refractivity contribution is 5.92. The van der Waals surface area contributed by atoms with Crippen molar-refractivity contribution in [3.63, 3.8) is 0 Å². The number of hydrogen-bond acceptors (Lipinski definition) is 3. The van der Waals surface area contributed by atoms with Crippen molar-refractivity contribution in [1.82, 2.24) is 10.3 Å². The monoisotopic (exact) mass is 283 g/mol. The number of carbonyl (C=O) groups is 1. The highest BCUT2D eigenvalue weighted by atomic mass is 16.1. The summed E-state index contributed by atoms with van der Waals surface area (Å²) in [6, 6.07) is 14.1. The largest absolute Gasteiger partial charge is 0.325 e. The maximum Gasteiger partial charge on any atom is 0.238 e. The first-order valence-electron chi connectivity index (χ1n) is 7.15. The molecule has 2 rings (SSSR count). The predicted octanol–water partition coefficient (Wildman–Crippen LogP) is 2.80. The summed E-state index contributed by atoms with van der Waals surface area (Å²) in [6.45, 7) is 4.55. The van der Waals surface area contributed by atoms with Crippen LogP contribution >= 0.6 is 0 Å². The zero-order chi connectivity index (χ0) is 15.1. The number of carbonyl (C=O) groups excluding carboxylic acids is 1. The van der Waals surface area contributed by atoms with Crippen molar-refractivity contribution in [1.29, 1.82) is 0 Å². The number of rotatable bonds is 6. The second kappa shape index (κ2) is 7.55. The lowest BCUT2D eigenvalue weighted by Crippen LogP contribution is -2.37. The molecule has 0 saturated heterocycles. The second-order valence-corrected chi connectivity index (χ2v) is 5.15. The van der Waals surface area contributed by atoms with E-state index in [1.165, 1.54) is 5.56 Å². The predicted molar refractivity (Wildman–Crippen MR) is 85.2 cm³/mol. The van der Waals surface area contributed by atoms with Crippen molar-refractivity contribution in [3.05, 3.63) is 60.4 Å². The van der Waals surface area contributed by atoms with Gasteiger partial charge in [0.05, 0.1) is 6.54 Å². The molecule has 110 valence electrons. The molecule has 2 atom stereocenters. The van der Waals surface area contributed by atoms with Crippen LogP contribution in [0, 0.1) is 0 Å². The number of nitrogens with one attached hydrogen (secondary N) is 2. The van der Waals surface area contributed by atoms with Crippen molar-refractivity contribution in [2.45, 2.75) is 25.8 Å². The van der Waals surface area contributed by atoms with Crippen LogP contribution in [0.5, 0.6) is 0 Å². The van der Waals surface area contributed by atoms with Crippen LogP contribution in [0.4, 0.5) is 5.69 Å². The third-order valence-electron chi connectivity index (χ3n) is 3.62. The Kier molecular flexibility index (Phi) is 5.46. The Balaban J connectivity index is 1.81. The van der Waals surface area contributed by atoms with Gasteiger partial charge in [-0.1, -0.05) is 37.3 Å². The summed E-state index contributed by atoms with van der Waals surface area (Å²) in [6.07, 6.45) is 3.31. The van der Waals surface area contributed by atoms with Crippen molar-refractivity contribution in [2.75, 3.05) is 11.9 Å². The number of aromatic nitrogens is 1. The van der Waals surface area contributed by atoms with E-state index in [1.807, 2.05) is 18.2 Å². The van der Waals surface area contributed by atoms with Gasteiger partial charge < -0.3 is 10.6 Å². The quantitative estimate of drug-likeness (QED) is 0.857. The molecule has 2 aromatic rings. The van der Waals surface area contributed by atoms with Crippen molar-refractivity contribution in [3.8, 4) is 0 Å². The van der Waals surface area contributed by atoms with Crippen molar-refractivity contribution in [2.24, 2.45) is 0 Å². The molecule has 1 heterocycles. The highest BCUT2D eigenvalue weighted by Crippen LogP contribution is 2.18. The maximum atomic E-state index is 11.9. The van der Waals surface area contributed by atoms with Gasteiger partial charge in [-0.3, -0.25) is 9.78 Å². The molecule has 0 bridgehead atoms. The SMILES string of the molecule is C[C@@H](NCC(=O)Nc1ccncc1)[C@@H](C)c1ccccc1. The Bertz CT molecular complexity index is 557. The Morgan fingerprint density at radius 3 is 2.43 bits per heavy atom. The summed E-state index contributed by atoms with van der Waals surface area (Å²) in [5.74, 6) is 0.299. The van der Waals surface area contributed by atoms with Gasteiger partial charge in [0.1, 0.15) is 0 Å². The Morgan fingerprint density at radius 1 is 1.10 bits per heavy atom. The molecule has 1 amide bonds. The third kappa shape index (κ3) is 4.68. The zero-order valence-electron chi connectivity index (χ0n) is 12.4. The standard InChI is InChI=1S/C17H21N3O/c1-13(15-6-4-3-5-7-15)14(2)19-12-17(21)20-16-8-10-18-11-9-16/h3-11,13-14,19H,12H2,1-2H3,(H,18,20,21)/t13-,14-/m1/s1. The topological polar surface area (TPSA) is 54.0 Å². The fraction of sp³-hybridized carbons (Fsp3) is 0.294. The van der Waals surface area contributed by atoms with Gasteiger partial charge in [-0.2, -0.15) is 0 Å². The molecule has 0 fully saturated rings. The first-order chi connectivity index (χ1) is 10.2. The molecule has 1 aromatic heterocycles. The average molecular weight is 283 g/mol. The molecule has 21 heavy (non-hydrogen) atoms. The second-order valence-electron chi connectivity index (χ2n) is 5.15. The van der Waals surface area contributed by atoms with Gasteiger partial charge in [-0.25, -0.2) is 0 Å². The lowest BCUT2D eigenvalue weighted by molar-refractivity contribution is -0.115. The molecule has 0 aliphatic rings. The van der Waals surface area contributed by atoms with Crippen LogP contribution in [-0.4, -0.2) is 23.5 Å². The Morgan fingerprint density at radius 2 is 1.76 bits per heavy atom. The zero-order valence-corrected chi connectivity index (χ0v) is 12.4. The molecular weight excluding hydrogens is 262 g/mol. The summed E-state index contributed by atoms with van der Waals surface area (Å²) < 4.78 is 0. The number of anilines is 1. The summed E-state index contributed by atoms with van der Waals surface area (Å²) in [7, 11) is 0. The molecule has 0 radical (unpaired) electrons. The molecule has 0 saturated carbocycles. The molecule has 0 spiro atoms. The highest BCUT2D eigenvalue weighted by Gasteiger charge is 2.14. The number of amides is 1. The molecule has 0 aliphatic heterocycles. The van der Waals surface area contributed by atoms with E-state index in [1.54, 1.807) is 24.5 Å². The van der Waals surface area contributed by atoms with Gasteiger partial charge >= 0.3 is 0 Å². The van der Waals surface area contributed by atoms with Crippen LogP contribution in [0.25, 0.3) is 0 Å². The van der Waals surface area contributed by atoms with E-state index in [0.717, 1.165) is 5.69 Å². The molecule has 4 heteroatoms. The summed E-state index contributed by atoms with van der Waals surface area (Å²) in [4.78, 5) is 15.8. The van der Waals surface area contributed by atoms with Crippen LogP contribution in [0.1, 0.15) is 25.3 Å². The van der Waals surface area contributed by atoms with E-state index in [-0.39, 0.29) is 11.9 Å². The smallest absolute Gasteiger partial charge is 0.238 e. The fourth-order valence-corrected chi connectivity index (χ4v) is 2.12. The third-order valence-corrected chi connectivity index (χ3v) is 3.62. The van der Waals surface area contributed by atoms with Gasteiger partial charge in [0.15, 0.2) is 0 Å². The van der Waals surface area contributed by atoms with Crippen molar-refractivity contribution < 1.29 is 4.79 Å². The van der Waals surface area contributed by atoms with Crippen LogP contribution in [0.2, 0.25) is 0 Å². The van der Waals surface area contributed by atoms with E-state index < -0.39 is 0 Å². The van der Waals surface area contributed by atoms with Crippen LogP contribution in [0.3, 0.4) is 0 Å². The van der Waals surface area contributed by atoms with Gasteiger partial charge in [0.2, 0.25) is 5.91 Å². The van der Waals surface area contributed by atoms with E-state index in [0.29, 0.717) is 12.5 Å². The number of benzene rings is 1. The Labute approximate surface area is 125 Å². The minimum absolute atomic E-state index is 0.0479. The molecule has 2 N–H and O–H groups in total. The Hall–Kier alpha value is -2.20. The number of nitrogens with zero attached hydrogens (tertiary/aromatic N) is 1. The maximum absolute atomic E-state index is 11.9. The number of pyridine rings is 1. The normalized spacial score (nSPS) is 13.4. The summed E-state index contributed by atoms with van der Waals surface area (Å²) >= 11 is 0. The number of hydrogen-bond donors (Lipinski definition) is 2. The van der Waals surface area contributed by atoms with E-state index in [2.05, 4.69) is 41.6 Å². The van der Waals surface area contributed by atoms with E-state index in [4.69, 9.17) is 0 Å². The van der Waals surface area contributed by atoms with Crippen LogP contribution in [-0.2, 0) is 4.79 Å². The minimum Gasteiger partial charge on any atom is -0.325 e. The van der Waals surface area contributed by atoms with Gasteiger partial charge in [-0.05, 0) is 30.5 Å². The van der Waals surface area contributed by atoms with Gasteiger partial charge in [-0.15, -0.1) is 0 Å². The fourth-order valence-electron chi connectivity index (χ4n) is 2.12. The lowest BCUT2D eigenvalue weighted by atomic mass is 9.94. The summed E-state index contributed by atoms with van der Waals surface area (Å²) in [5.41, 5.74) is 2.03. The molecular formula is C17H21N3O. The lowest BCUT2D eigenvalue weighted by Gasteiger charge is -2.21. The first-order valence-corrected chi connectivity index (χ1v) is 7.15. The molecule has 4 nitrogen and oxygen atoms in total. The van der Waals surface area contributed by atoms with E-state index in [9.17, 15) is 4.79 Å². The average Bonchev–Trinajstić information content (AvgIpc) is 2.53. The summed E-state index contributed by atoms with van der Waals surface area (Å²) in [5, 5.41) is 6.11. The first kappa shape index (κ1) is 15.2. The molecule has 0 unspecified atom stereocenters. The van der Waals surface area contributed by atoms with Crippen molar-refractivity contribution >= 4 is 11.6 Å². The van der Waals surface area contributed by atoms with E-state index >= 15 is 0 Å². The minimum atomic E-state index is -0.0479. The van der Waals surface area contributed by atoms with Gasteiger partial charge in [0, 0.05) is 24.1 Å². The molecule has 0 aliphatic carbocycles. The van der Waals surface area contributed by atoms with Crippen LogP contribution < -0.4 is 10.6 Å². The van der Waals surface area contributed by atoms with Gasteiger partial charge in [0.25, 0.3) is 0 Å². The molecule has 1 aromatic carbocycles. The van der Waals surface area contributed by atoms with Crippen LogP contribution in [0.15, 0.2) is 54.9 Å².